The van der Waals surface area contributed by atoms with Crippen LogP contribution in [-0.4, -0.2) is 29.4 Å². The molecular weight excluding hydrogens is 238 g/mol. The van der Waals surface area contributed by atoms with Crippen LogP contribution < -0.4 is 4.72 Å². The topological polar surface area (TPSA) is 64.0 Å². The van der Waals surface area contributed by atoms with Gasteiger partial charge in [0.15, 0.2) is 5.03 Å². The minimum absolute atomic E-state index is 0.0421. The van der Waals surface area contributed by atoms with E-state index < -0.39 is 10.0 Å². The molecule has 0 atom stereocenters. The molecule has 0 unspecified atom stereocenters. The lowest BCUT2D eigenvalue weighted by atomic mass is 9.94. The molecule has 0 aromatic carbocycles. The van der Waals surface area contributed by atoms with Gasteiger partial charge in [-0.2, -0.15) is 0 Å². The van der Waals surface area contributed by atoms with E-state index in [1.54, 1.807) is 11.6 Å². The Bertz CT molecular complexity index is 450. The highest BCUT2D eigenvalue weighted by Gasteiger charge is 2.31. The van der Waals surface area contributed by atoms with Crippen molar-refractivity contribution in [1.82, 2.24) is 14.3 Å². The van der Waals surface area contributed by atoms with Gasteiger partial charge < -0.3 is 4.57 Å². The van der Waals surface area contributed by atoms with Crippen LogP contribution in [0.15, 0.2) is 17.6 Å². The fraction of sp³-hybridized carbons (Fsp3) is 0.625. The second kappa shape index (κ2) is 3.77. The van der Waals surface area contributed by atoms with E-state index in [9.17, 15) is 8.42 Å². The SMILES string of the molecule is Cn1cnc(S(=O)(=O)NC2CC(Cl)C2)c1. The molecule has 1 aromatic rings. The summed E-state index contributed by atoms with van der Waals surface area (Å²) < 4.78 is 27.6. The van der Waals surface area contributed by atoms with Crippen molar-refractivity contribution in [2.45, 2.75) is 29.3 Å². The molecule has 0 bridgehead atoms. The van der Waals surface area contributed by atoms with Gasteiger partial charge >= 0.3 is 0 Å². The normalized spacial score (nSPS) is 26.3. The van der Waals surface area contributed by atoms with Crippen LogP contribution in [0.4, 0.5) is 0 Å². The number of imidazole rings is 1. The molecule has 5 nitrogen and oxygen atoms in total. The van der Waals surface area contributed by atoms with Gasteiger partial charge in [-0.15, -0.1) is 11.6 Å². The van der Waals surface area contributed by atoms with E-state index in [-0.39, 0.29) is 16.4 Å². The maximum atomic E-state index is 11.7. The Morgan fingerprint density at radius 3 is 2.73 bits per heavy atom. The van der Waals surface area contributed by atoms with Crippen LogP contribution in [-0.2, 0) is 17.1 Å². The monoisotopic (exact) mass is 249 g/mol. The van der Waals surface area contributed by atoms with Crippen LogP contribution in [0.25, 0.3) is 0 Å². The first kappa shape index (κ1) is 10.9. The molecule has 1 fully saturated rings. The number of hydrogen-bond acceptors (Lipinski definition) is 3. The molecule has 0 amide bonds. The first-order valence-electron chi connectivity index (χ1n) is 4.62. The molecule has 1 saturated carbocycles. The van der Waals surface area contributed by atoms with Crippen molar-refractivity contribution in [3.63, 3.8) is 0 Å². The molecule has 1 N–H and O–H groups in total. The molecular formula is C8H12ClN3O2S. The zero-order valence-corrected chi connectivity index (χ0v) is 9.79. The summed E-state index contributed by atoms with van der Waals surface area (Å²) in [4.78, 5) is 3.80. The molecule has 1 heterocycles. The van der Waals surface area contributed by atoms with E-state index >= 15 is 0 Å². The predicted octanol–water partition coefficient (Wildman–Crippen LogP) is 0.468. The molecule has 2 rings (SSSR count). The van der Waals surface area contributed by atoms with Crippen LogP contribution >= 0.6 is 11.6 Å². The molecule has 1 aliphatic rings. The van der Waals surface area contributed by atoms with Crippen LogP contribution in [0, 0.1) is 0 Å². The van der Waals surface area contributed by atoms with E-state index in [0.717, 1.165) is 0 Å². The van der Waals surface area contributed by atoms with Crippen molar-refractivity contribution in [2.75, 3.05) is 0 Å². The molecule has 1 aromatic heterocycles. The molecule has 84 valence electrons. The summed E-state index contributed by atoms with van der Waals surface area (Å²) in [5.74, 6) is 0. The fourth-order valence-electron chi connectivity index (χ4n) is 1.45. The lowest BCUT2D eigenvalue weighted by molar-refractivity contribution is 0.391. The fourth-order valence-corrected chi connectivity index (χ4v) is 3.13. The summed E-state index contributed by atoms with van der Waals surface area (Å²) in [7, 11) is -1.74. The average molecular weight is 250 g/mol. The van der Waals surface area contributed by atoms with Crippen molar-refractivity contribution >= 4 is 21.6 Å². The first-order chi connectivity index (χ1) is 6.97. The second-order valence-electron chi connectivity index (χ2n) is 3.76. The van der Waals surface area contributed by atoms with Crippen LogP contribution in [0.3, 0.4) is 0 Å². The molecule has 7 heteroatoms. The summed E-state index contributed by atoms with van der Waals surface area (Å²) in [6.07, 6.45) is 4.31. The van der Waals surface area contributed by atoms with E-state index in [4.69, 9.17) is 11.6 Å². The zero-order chi connectivity index (χ0) is 11.1. The Morgan fingerprint density at radius 1 is 1.60 bits per heavy atom. The maximum absolute atomic E-state index is 11.7. The van der Waals surface area contributed by atoms with Gasteiger partial charge in [-0.05, 0) is 12.8 Å². The summed E-state index contributed by atoms with van der Waals surface area (Å²) in [5, 5.41) is 0.157. The van der Waals surface area contributed by atoms with E-state index in [1.165, 1.54) is 12.5 Å². The highest BCUT2D eigenvalue weighted by molar-refractivity contribution is 7.89. The Morgan fingerprint density at radius 2 is 2.27 bits per heavy atom. The molecule has 0 saturated heterocycles. The summed E-state index contributed by atoms with van der Waals surface area (Å²) in [6.45, 7) is 0. The number of nitrogens with one attached hydrogen (secondary N) is 1. The van der Waals surface area contributed by atoms with E-state index in [2.05, 4.69) is 9.71 Å². The van der Waals surface area contributed by atoms with Crippen molar-refractivity contribution in [2.24, 2.45) is 7.05 Å². The zero-order valence-electron chi connectivity index (χ0n) is 8.22. The summed E-state index contributed by atoms with van der Waals surface area (Å²) in [5.41, 5.74) is 0. The Hall–Kier alpha value is -0.590. The third-order valence-corrected chi connectivity index (χ3v) is 4.12. The number of sulfonamides is 1. The van der Waals surface area contributed by atoms with Gasteiger partial charge in [-0.3, -0.25) is 0 Å². The van der Waals surface area contributed by atoms with Crippen molar-refractivity contribution in [1.29, 1.82) is 0 Å². The van der Waals surface area contributed by atoms with Crippen molar-refractivity contribution in [3.8, 4) is 0 Å². The molecule has 0 radical (unpaired) electrons. The average Bonchev–Trinajstić information content (AvgIpc) is 2.49. The Balaban J connectivity index is 2.07. The standard InChI is InChI=1S/C8H12ClN3O2S/c1-12-4-8(10-5-12)15(13,14)11-7-2-6(9)3-7/h4-7,11H,2-3H2,1H3. The number of alkyl halides is 1. The van der Waals surface area contributed by atoms with Crippen LogP contribution in [0.5, 0.6) is 0 Å². The van der Waals surface area contributed by atoms with Crippen molar-refractivity contribution < 1.29 is 8.42 Å². The van der Waals surface area contributed by atoms with Crippen LogP contribution in [0.2, 0.25) is 0 Å². The van der Waals surface area contributed by atoms with Gasteiger partial charge in [0.05, 0.1) is 6.33 Å². The van der Waals surface area contributed by atoms with Gasteiger partial charge in [0.25, 0.3) is 10.0 Å². The molecule has 0 aliphatic heterocycles. The van der Waals surface area contributed by atoms with Gasteiger partial charge in [0, 0.05) is 24.7 Å². The molecule has 15 heavy (non-hydrogen) atoms. The Labute approximate surface area is 93.5 Å². The minimum Gasteiger partial charge on any atom is -0.339 e. The maximum Gasteiger partial charge on any atom is 0.259 e. The number of nitrogens with zero attached hydrogens (tertiary/aromatic N) is 2. The second-order valence-corrected chi connectivity index (χ2v) is 6.04. The number of aromatic nitrogens is 2. The number of rotatable bonds is 3. The number of hydrogen-bond donors (Lipinski definition) is 1. The third-order valence-electron chi connectivity index (χ3n) is 2.36. The van der Waals surface area contributed by atoms with Crippen molar-refractivity contribution in [3.05, 3.63) is 12.5 Å². The minimum atomic E-state index is -3.46. The predicted molar refractivity (Wildman–Crippen MR) is 56.2 cm³/mol. The highest BCUT2D eigenvalue weighted by atomic mass is 35.5. The number of halogens is 1. The van der Waals surface area contributed by atoms with Gasteiger partial charge in [0.1, 0.15) is 0 Å². The third kappa shape index (κ3) is 2.32. The van der Waals surface area contributed by atoms with E-state index in [1.807, 2.05) is 0 Å². The quantitative estimate of drug-likeness (QED) is 0.792. The lowest BCUT2D eigenvalue weighted by Gasteiger charge is -2.30. The lowest BCUT2D eigenvalue weighted by Crippen LogP contribution is -2.44. The number of aryl methyl sites for hydroxylation is 1. The Kier molecular flexibility index (Phi) is 2.74. The van der Waals surface area contributed by atoms with Crippen LogP contribution in [0.1, 0.15) is 12.8 Å². The summed E-state index contributed by atoms with van der Waals surface area (Å²) in [6, 6.07) is -0.0421. The molecule has 0 spiro atoms. The van der Waals surface area contributed by atoms with Gasteiger partial charge in [-0.1, -0.05) is 0 Å². The van der Waals surface area contributed by atoms with E-state index in [0.29, 0.717) is 12.8 Å². The van der Waals surface area contributed by atoms with Gasteiger partial charge in [0.2, 0.25) is 0 Å². The van der Waals surface area contributed by atoms with Gasteiger partial charge in [-0.25, -0.2) is 18.1 Å². The first-order valence-corrected chi connectivity index (χ1v) is 6.54. The smallest absolute Gasteiger partial charge is 0.259 e. The molecule has 1 aliphatic carbocycles. The largest absolute Gasteiger partial charge is 0.339 e. The highest BCUT2D eigenvalue weighted by Crippen LogP contribution is 2.26. The summed E-state index contributed by atoms with van der Waals surface area (Å²) >= 11 is 5.77.